The molecule has 0 amide bonds. The van der Waals surface area contributed by atoms with E-state index in [0.717, 1.165) is 28.8 Å². The van der Waals surface area contributed by atoms with Gasteiger partial charge in [-0.2, -0.15) is 5.10 Å². The van der Waals surface area contributed by atoms with Gasteiger partial charge in [-0.1, -0.05) is 6.92 Å². The summed E-state index contributed by atoms with van der Waals surface area (Å²) in [5.41, 5.74) is 1.54. The van der Waals surface area contributed by atoms with Crippen LogP contribution in [0.1, 0.15) is 39.1 Å². The van der Waals surface area contributed by atoms with Crippen LogP contribution in [0.3, 0.4) is 0 Å². The first-order chi connectivity index (χ1) is 8.75. The zero-order chi connectivity index (χ0) is 14.8. The number of hydrogen-bond acceptors (Lipinski definition) is 3. The van der Waals surface area contributed by atoms with Gasteiger partial charge in [-0.15, -0.1) is 0 Å². The van der Waals surface area contributed by atoms with Gasteiger partial charge in [0.2, 0.25) is 0 Å². The first-order valence-electron chi connectivity index (χ1n) is 6.70. The Morgan fingerprint density at radius 1 is 1.37 bits per heavy atom. The molecule has 0 spiro atoms. The largest absolute Gasteiger partial charge is 0.298 e. The maximum absolute atomic E-state index is 12.5. The Bertz CT molecular complexity index is 464. The minimum Gasteiger partial charge on any atom is -0.298 e. The van der Waals surface area contributed by atoms with Gasteiger partial charge in [-0.25, -0.2) is 0 Å². The molecule has 5 heteroatoms. The second-order valence-electron chi connectivity index (χ2n) is 5.43. The minimum absolute atomic E-state index is 0.204. The molecule has 19 heavy (non-hydrogen) atoms. The average Bonchev–Trinajstić information content (AvgIpc) is 2.65. The molecule has 0 saturated carbocycles. The topological polar surface area (TPSA) is 38.1 Å². The number of carbonyl (C=O) groups excluding carboxylic acids is 1. The van der Waals surface area contributed by atoms with E-state index in [1.54, 1.807) is 0 Å². The number of hydrogen-bond donors (Lipinski definition) is 0. The monoisotopic (exact) mass is 329 g/mol. The van der Waals surface area contributed by atoms with Crippen molar-refractivity contribution < 1.29 is 4.79 Å². The van der Waals surface area contributed by atoms with Gasteiger partial charge in [-0.05, 0) is 57.2 Å². The van der Waals surface area contributed by atoms with Crippen molar-refractivity contribution in [1.82, 2.24) is 14.7 Å². The molecular formula is C14H24BrN3O. The summed E-state index contributed by atoms with van der Waals surface area (Å²) >= 11 is 3.59. The maximum atomic E-state index is 12.5. The molecule has 0 atom stereocenters. The molecule has 1 rings (SSSR count). The molecule has 0 fully saturated rings. The highest BCUT2D eigenvalue weighted by molar-refractivity contribution is 9.10. The number of carbonyl (C=O) groups is 1. The Balaban J connectivity index is 3.06. The highest BCUT2D eigenvalue weighted by Crippen LogP contribution is 2.25. The SMILES string of the molecule is CCc1nn(CC)c(CC(=O)C(C)(C)N(C)C)c1Br. The highest BCUT2D eigenvalue weighted by atomic mass is 79.9. The highest BCUT2D eigenvalue weighted by Gasteiger charge is 2.31. The van der Waals surface area contributed by atoms with E-state index in [2.05, 4.69) is 28.0 Å². The average molecular weight is 330 g/mol. The van der Waals surface area contributed by atoms with Crippen LogP contribution in [0.4, 0.5) is 0 Å². The Morgan fingerprint density at radius 2 is 1.95 bits per heavy atom. The predicted molar refractivity (Wildman–Crippen MR) is 81.5 cm³/mol. The third-order valence-electron chi connectivity index (χ3n) is 3.82. The molecule has 0 aliphatic heterocycles. The number of aryl methyl sites for hydroxylation is 2. The molecular weight excluding hydrogens is 306 g/mol. The van der Waals surface area contributed by atoms with Crippen LogP contribution in [-0.2, 0) is 24.2 Å². The molecule has 108 valence electrons. The summed E-state index contributed by atoms with van der Waals surface area (Å²) in [4.78, 5) is 14.4. The minimum atomic E-state index is -0.464. The molecule has 0 bridgehead atoms. The fraction of sp³-hybridized carbons (Fsp3) is 0.714. The van der Waals surface area contributed by atoms with Crippen LogP contribution >= 0.6 is 15.9 Å². The molecule has 0 radical (unpaired) electrons. The first kappa shape index (κ1) is 16.4. The summed E-state index contributed by atoms with van der Waals surface area (Å²) in [6, 6.07) is 0. The summed E-state index contributed by atoms with van der Waals surface area (Å²) in [7, 11) is 3.86. The van der Waals surface area contributed by atoms with E-state index in [-0.39, 0.29) is 5.78 Å². The predicted octanol–water partition coefficient (Wildman–Crippen LogP) is 2.68. The van der Waals surface area contributed by atoms with Crippen molar-refractivity contribution in [2.45, 2.75) is 52.6 Å². The molecule has 0 N–H and O–H groups in total. The number of aromatic nitrogens is 2. The first-order valence-corrected chi connectivity index (χ1v) is 7.49. The van der Waals surface area contributed by atoms with Gasteiger partial charge in [-0.3, -0.25) is 14.4 Å². The van der Waals surface area contributed by atoms with Crippen molar-refractivity contribution in [1.29, 1.82) is 0 Å². The Morgan fingerprint density at radius 3 is 2.37 bits per heavy atom. The van der Waals surface area contributed by atoms with Crippen molar-refractivity contribution in [2.75, 3.05) is 14.1 Å². The fourth-order valence-electron chi connectivity index (χ4n) is 1.80. The zero-order valence-electron chi connectivity index (χ0n) is 12.7. The molecule has 0 aromatic carbocycles. The second-order valence-corrected chi connectivity index (χ2v) is 6.22. The van der Waals surface area contributed by atoms with E-state index in [4.69, 9.17) is 0 Å². The van der Waals surface area contributed by atoms with Crippen LogP contribution in [0.25, 0.3) is 0 Å². The van der Waals surface area contributed by atoms with E-state index in [1.165, 1.54) is 0 Å². The number of nitrogens with zero attached hydrogens (tertiary/aromatic N) is 3. The van der Waals surface area contributed by atoms with Crippen molar-refractivity contribution >= 4 is 21.7 Å². The number of ketones is 1. The third kappa shape index (κ3) is 3.26. The number of Topliss-reactive ketones (excluding diaryl/α,β-unsaturated/α-hetero) is 1. The lowest BCUT2D eigenvalue weighted by atomic mass is 9.94. The van der Waals surface area contributed by atoms with Crippen LogP contribution in [0.15, 0.2) is 4.47 Å². The Hall–Kier alpha value is -0.680. The van der Waals surface area contributed by atoms with Gasteiger partial charge in [0.05, 0.1) is 27.8 Å². The van der Waals surface area contributed by atoms with E-state index < -0.39 is 5.54 Å². The summed E-state index contributed by atoms with van der Waals surface area (Å²) in [5.74, 6) is 0.204. The Kier molecular flexibility index (Phi) is 5.33. The molecule has 0 aliphatic carbocycles. The molecule has 0 aliphatic rings. The van der Waals surface area contributed by atoms with E-state index in [9.17, 15) is 4.79 Å². The van der Waals surface area contributed by atoms with Crippen LogP contribution in [0.5, 0.6) is 0 Å². The lowest BCUT2D eigenvalue weighted by molar-refractivity contribution is -0.127. The van der Waals surface area contributed by atoms with Gasteiger partial charge >= 0.3 is 0 Å². The van der Waals surface area contributed by atoms with Crippen LogP contribution in [0.2, 0.25) is 0 Å². The third-order valence-corrected chi connectivity index (χ3v) is 4.74. The lowest BCUT2D eigenvalue weighted by Gasteiger charge is -2.31. The van der Waals surface area contributed by atoms with Crippen LogP contribution < -0.4 is 0 Å². The van der Waals surface area contributed by atoms with Gasteiger partial charge in [0.1, 0.15) is 0 Å². The smallest absolute Gasteiger partial charge is 0.158 e. The van der Waals surface area contributed by atoms with Gasteiger partial charge < -0.3 is 0 Å². The lowest BCUT2D eigenvalue weighted by Crippen LogP contribution is -2.46. The number of halogens is 1. The maximum Gasteiger partial charge on any atom is 0.158 e. The molecule has 1 aromatic rings. The molecule has 4 nitrogen and oxygen atoms in total. The van der Waals surface area contributed by atoms with Crippen molar-refractivity contribution in [3.8, 4) is 0 Å². The summed E-state index contributed by atoms with van der Waals surface area (Å²) in [5, 5.41) is 4.53. The van der Waals surface area contributed by atoms with Gasteiger partial charge in [0.25, 0.3) is 0 Å². The number of rotatable bonds is 6. The van der Waals surface area contributed by atoms with Crippen molar-refractivity contribution in [2.24, 2.45) is 0 Å². The van der Waals surface area contributed by atoms with Gasteiger partial charge in [0, 0.05) is 6.54 Å². The van der Waals surface area contributed by atoms with E-state index in [1.807, 2.05) is 44.4 Å². The number of likely N-dealkylation sites (N-methyl/N-ethyl adjacent to an activating group) is 1. The van der Waals surface area contributed by atoms with Crippen LogP contribution in [-0.4, -0.2) is 40.1 Å². The quantitative estimate of drug-likeness (QED) is 0.805. The molecule has 0 unspecified atom stereocenters. The van der Waals surface area contributed by atoms with Crippen molar-refractivity contribution in [3.63, 3.8) is 0 Å². The van der Waals surface area contributed by atoms with Gasteiger partial charge in [0.15, 0.2) is 5.78 Å². The normalized spacial score (nSPS) is 12.2. The summed E-state index contributed by atoms with van der Waals surface area (Å²) < 4.78 is 2.91. The molecule has 1 aromatic heterocycles. The molecule has 1 heterocycles. The summed E-state index contributed by atoms with van der Waals surface area (Å²) in [6.07, 6.45) is 1.28. The van der Waals surface area contributed by atoms with Crippen LogP contribution in [0, 0.1) is 0 Å². The van der Waals surface area contributed by atoms with E-state index >= 15 is 0 Å². The molecule has 0 saturated heterocycles. The zero-order valence-corrected chi connectivity index (χ0v) is 14.3. The van der Waals surface area contributed by atoms with E-state index in [0.29, 0.717) is 6.42 Å². The Labute approximate surface area is 124 Å². The summed E-state index contributed by atoms with van der Waals surface area (Å²) in [6.45, 7) is 8.81. The van der Waals surface area contributed by atoms with Crippen molar-refractivity contribution in [3.05, 3.63) is 15.9 Å². The second kappa shape index (κ2) is 6.18. The fourth-order valence-corrected chi connectivity index (χ4v) is 2.51. The standard InChI is InChI=1S/C14H24BrN3O/c1-7-10-13(15)11(18(8-2)16-10)9-12(19)14(3,4)17(5)6/h7-9H2,1-6H3.